The predicted molar refractivity (Wildman–Crippen MR) is 110 cm³/mol. The Labute approximate surface area is 166 Å². The highest BCUT2D eigenvalue weighted by Crippen LogP contribution is 2.19. The predicted octanol–water partition coefficient (Wildman–Crippen LogP) is 3.99. The second-order valence-electron chi connectivity index (χ2n) is 7.82. The SMILES string of the molecule is CC(C)c1ccc(C(=O)Cn2c(=S)sc3nnc(C(C)(C)C)c(=O)n32)cc1. The number of benzene rings is 1. The first-order valence-corrected chi connectivity index (χ1v) is 9.95. The zero-order valence-corrected chi connectivity index (χ0v) is 17.6. The van der Waals surface area contributed by atoms with Gasteiger partial charge in [-0.15, -0.1) is 10.2 Å². The van der Waals surface area contributed by atoms with Crippen LogP contribution in [0.15, 0.2) is 29.1 Å². The smallest absolute Gasteiger partial charge is 0.292 e. The van der Waals surface area contributed by atoms with E-state index in [0.717, 1.165) is 0 Å². The first-order chi connectivity index (χ1) is 12.6. The highest BCUT2D eigenvalue weighted by molar-refractivity contribution is 7.73. The lowest BCUT2D eigenvalue weighted by Gasteiger charge is -2.16. The molecule has 0 spiro atoms. The molecule has 0 aliphatic rings. The van der Waals surface area contributed by atoms with Gasteiger partial charge < -0.3 is 0 Å². The summed E-state index contributed by atoms with van der Waals surface area (Å²) in [4.78, 5) is 26.1. The molecule has 2 heterocycles. The van der Waals surface area contributed by atoms with Gasteiger partial charge in [-0.1, -0.05) is 70.2 Å². The molecule has 0 amide bonds. The van der Waals surface area contributed by atoms with Crippen molar-refractivity contribution in [1.82, 2.24) is 19.4 Å². The maximum atomic E-state index is 12.9. The monoisotopic (exact) mass is 402 g/mol. The van der Waals surface area contributed by atoms with Crippen molar-refractivity contribution in [2.24, 2.45) is 0 Å². The van der Waals surface area contributed by atoms with E-state index in [1.165, 1.54) is 26.1 Å². The number of Topliss-reactive ketones (excluding diaryl/α,β-unsaturated/α-hetero) is 1. The minimum absolute atomic E-state index is 0.0188. The second kappa shape index (κ2) is 7.09. The lowest BCUT2D eigenvalue weighted by molar-refractivity contribution is 0.0965. The minimum atomic E-state index is -0.455. The maximum Gasteiger partial charge on any atom is 0.296 e. The number of hydrogen-bond donors (Lipinski definition) is 0. The van der Waals surface area contributed by atoms with Gasteiger partial charge in [-0.3, -0.25) is 9.59 Å². The molecule has 0 radical (unpaired) electrons. The fourth-order valence-electron chi connectivity index (χ4n) is 2.74. The van der Waals surface area contributed by atoms with Gasteiger partial charge in [0.2, 0.25) is 4.96 Å². The van der Waals surface area contributed by atoms with Crippen LogP contribution in [0.3, 0.4) is 0 Å². The van der Waals surface area contributed by atoms with Gasteiger partial charge in [0, 0.05) is 11.0 Å². The van der Waals surface area contributed by atoms with Gasteiger partial charge in [0.1, 0.15) is 12.2 Å². The summed E-state index contributed by atoms with van der Waals surface area (Å²) in [5, 5.41) is 8.21. The maximum absolute atomic E-state index is 12.9. The van der Waals surface area contributed by atoms with Crippen molar-refractivity contribution >= 4 is 34.3 Å². The van der Waals surface area contributed by atoms with E-state index >= 15 is 0 Å². The Kier molecular flexibility index (Phi) is 5.14. The number of aromatic nitrogens is 4. The molecule has 3 rings (SSSR count). The zero-order chi connectivity index (χ0) is 19.9. The second-order valence-corrected chi connectivity index (χ2v) is 9.42. The Morgan fingerprint density at radius 1 is 1.19 bits per heavy atom. The normalized spacial score (nSPS) is 12.1. The number of carbonyl (C=O) groups excluding carboxylic acids is 1. The van der Waals surface area contributed by atoms with Gasteiger partial charge in [0.05, 0.1) is 0 Å². The molecule has 0 saturated heterocycles. The largest absolute Gasteiger partial charge is 0.296 e. The number of ketones is 1. The highest BCUT2D eigenvalue weighted by atomic mass is 32.1. The van der Waals surface area contributed by atoms with Crippen LogP contribution >= 0.6 is 23.6 Å². The molecule has 27 heavy (non-hydrogen) atoms. The van der Waals surface area contributed by atoms with E-state index < -0.39 is 5.41 Å². The van der Waals surface area contributed by atoms with E-state index in [-0.39, 0.29) is 17.9 Å². The van der Waals surface area contributed by atoms with Crippen molar-refractivity contribution in [3.63, 3.8) is 0 Å². The molecular formula is C19H22N4O2S2. The molecule has 0 fully saturated rings. The van der Waals surface area contributed by atoms with Crippen LogP contribution < -0.4 is 5.56 Å². The van der Waals surface area contributed by atoms with Gasteiger partial charge in [0.15, 0.2) is 9.74 Å². The molecule has 8 heteroatoms. The van der Waals surface area contributed by atoms with Crippen LogP contribution in [0.2, 0.25) is 0 Å². The third-order valence-corrected chi connectivity index (χ3v) is 5.63. The van der Waals surface area contributed by atoms with Gasteiger partial charge in [-0.25, -0.2) is 4.68 Å². The number of fused-ring (bicyclic) bond motifs is 1. The molecule has 0 unspecified atom stereocenters. The Hall–Kier alpha value is -2.19. The first kappa shape index (κ1) is 19.6. The standard InChI is InChI=1S/C19H22N4O2S2/c1-11(2)12-6-8-13(9-7-12)14(24)10-22-18(26)27-17-21-20-15(19(3,4)5)16(25)23(17)22/h6-9,11H,10H2,1-5H3. The zero-order valence-electron chi connectivity index (χ0n) is 16.0. The molecule has 0 bridgehead atoms. The molecule has 0 aliphatic carbocycles. The fraction of sp³-hybridized carbons (Fsp3) is 0.421. The summed E-state index contributed by atoms with van der Waals surface area (Å²) in [5.74, 6) is 0.290. The van der Waals surface area contributed by atoms with Gasteiger partial charge in [0.25, 0.3) is 5.56 Å². The fourth-order valence-corrected chi connectivity index (χ4v) is 3.87. The summed E-state index contributed by atoms with van der Waals surface area (Å²) in [6.07, 6.45) is 0. The third-order valence-electron chi connectivity index (χ3n) is 4.35. The van der Waals surface area contributed by atoms with Crippen LogP contribution in [0.4, 0.5) is 0 Å². The molecule has 1 aromatic carbocycles. The van der Waals surface area contributed by atoms with Crippen molar-refractivity contribution in [2.75, 3.05) is 0 Å². The molecule has 0 saturated carbocycles. The Bertz CT molecular complexity index is 1120. The van der Waals surface area contributed by atoms with Crippen molar-refractivity contribution in [1.29, 1.82) is 0 Å². The summed E-state index contributed by atoms with van der Waals surface area (Å²) in [7, 11) is 0. The molecule has 6 nitrogen and oxygen atoms in total. The van der Waals surface area contributed by atoms with Gasteiger partial charge >= 0.3 is 0 Å². The van der Waals surface area contributed by atoms with Crippen LogP contribution in [0, 0.1) is 3.95 Å². The Morgan fingerprint density at radius 2 is 1.81 bits per heavy atom. The molecule has 0 aliphatic heterocycles. The molecule has 0 atom stereocenters. The molecular weight excluding hydrogens is 380 g/mol. The van der Waals surface area contributed by atoms with Crippen molar-refractivity contribution < 1.29 is 4.79 Å². The Morgan fingerprint density at radius 3 is 2.37 bits per heavy atom. The van der Waals surface area contributed by atoms with Crippen molar-refractivity contribution in [2.45, 2.75) is 52.5 Å². The summed E-state index contributed by atoms with van der Waals surface area (Å²) < 4.78 is 3.31. The van der Waals surface area contributed by atoms with Crippen LogP contribution in [0.5, 0.6) is 0 Å². The average Bonchev–Trinajstić information content (AvgIpc) is 2.90. The number of hydrogen-bond acceptors (Lipinski definition) is 6. The van der Waals surface area contributed by atoms with E-state index in [9.17, 15) is 9.59 Å². The van der Waals surface area contributed by atoms with Gasteiger partial charge in [-0.05, 0) is 23.7 Å². The number of carbonyl (C=O) groups is 1. The summed E-state index contributed by atoms with van der Waals surface area (Å²) in [6.45, 7) is 9.89. The van der Waals surface area contributed by atoms with Crippen LogP contribution in [0.1, 0.15) is 62.2 Å². The van der Waals surface area contributed by atoms with E-state index in [1.54, 1.807) is 0 Å². The van der Waals surface area contributed by atoms with E-state index in [4.69, 9.17) is 12.2 Å². The summed E-state index contributed by atoms with van der Waals surface area (Å²) in [5.41, 5.74) is 1.36. The van der Waals surface area contributed by atoms with E-state index in [1.807, 2.05) is 45.0 Å². The van der Waals surface area contributed by atoms with E-state index in [2.05, 4.69) is 24.0 Å². The quantitative estimate of drug-likeness (QED) is 0.488. The van der Waals surface area contributed by atoms with Crippen molar-refractivity contribution in [3.8, 4) is 0 Å². The lowest BCUT2D eigenvalue weighted by Crippen LogP contribution is -2.33. The first-order valence-electron chi connectivity index (χ1n) is 8.72. The molecule has 2 aromatic heterocycles. The highest BCUT2D eigenvalue weighted by Gasteiger charge is 2.24. The molecule has 142 valence electrons. The molecule has 0 N–H and O–H groups in total. The molecule has 3 aromatic rings. The van der Waals surface area contributed by atoms with Crippen molar-refractivity contribution in [3.05, 3.63) is 55.4 Å². The third kappa shape index (κ3) is 3.77. The van der Waals surface area contributed by atoms with Gasteiger partial charge in [-0.2, -0.15) is 4.52 Å². The topological polar surface area (TPSA) is 69.3 Å². The van der Waals surface area contributed by atoms with E-state index in [0.29, 0.717) is 26.1 Å². The van der Waals surface area contributed by atoms with Crippen LogP contribution in [-0.4, -0.2) is 25.2 Å². The number of nitrogens with zero attached hydrogens (tertiary/aromatic N) is 4. The minimum Gasteiger partial charge on any atom is -0.292 e. The average molecular weight is 403 g/mol. The van der Waals surface area contributed by atoms with Crippen LogP contribution in [-0.2, 0) is 12.0 Å². The summed E-state index contributed by atoms with van der Waals surface area (Å²) in [6, 6.07) is 7.55. The Balaban J connectivity index is 2.04. The van der Waals surface area contributed by atoms with Crippen LogP contribution in [0.25, 0.3) is 4.96 Å². The number of rotatable bonds is 4. The lowest BCUT2D eigenvalue weighted by atomic mass is 9.93. The summed E-state index contributed by atoms with van der Waals surface area (Å²) >= 11 is 6.55.